The lowest BCUT2D eigenvalue weighted by Gasteiger charge is -2.38. The Morgan fingerprint density at radius 1 is 1.19 bits per heavy atom. The third-order valence-electron chi connectivity index (χ3n) is 5.39. The predicted octanol–water partition coefficient (Wildman–Crippen LogP) is 3.30. The Morgan fingerprint density at radius 2 is 1.92 bits per heavy atom. The fourth-order valence-electron chi connectivity index (χ4n) is 3.82. The molecule has 1 amide bonds. The van der Waals surface area contributed by atoms with Crippen LogP contribution in [0.4, 0.5) is 0 Å². The minimum absolute atomic E-state index is 0.0921. The van der Waals surface area contributed by atoms with E-state index in [1.807, 2.05) is 55.2 Å². The van der Waals surface area contributed by atoms with Crippen molar-refractivity contribution in [3.05, 3.63) is 54.6 Å². The number of carbonyl (C=O) groups excluding carboxylic acids is 1. The summed E-state index contributed by atoms with van der Waals surface area (Å²) >= 11 is 1.98. The van der Waals surface area contributed by atoms with Gasteiger partial charge in [-0.3, -0.25) is 4.79 Å². The fourth-order valence-corrected chi connectivity index (χ4v) is 5.07. The quantitative estimate of drug-likeness (QED) is 0.752. The number of amides is 1. The van der Waals surface area contributed by atoms with Crippen LogP contribution in [0.15, 0.2) is 48.8 Å². The molecular weight excluding hydrogens is 344 g/mol. The fraction of sp³-hybridized carbons (Fsp3) is 0.400. The van der Waals surface area contributed by atoms with Crippen molar-refractivity contribution in [1.82, 2.24) is 19.4 Å². The minimum Gasteiger partial charge on any atom is -0.349 e. The van der Waals surface area contributed by atoms with E-state index in [0.717, 1.165) is 41.2 Å². The highest BCUT2D eigenvalue weighted by Crippen LogP contribution is 2.36. The van der Waals surface area contributed by atoms with Crippen LogP contribution in [0.2, 0.25) is 0 Å². The number of imidazole rings is 1. The minimum atomic E-state index is -0.0921. The summed E-state index contributed by atoms with van der Waals surface area (Å²) in [5, 5.41) is 3.09. The maximum atomic E-state index is 12.7. The molecule has 3 heterocycles. The molecule has 1 fully saturated rings. The van der Waals surface area contributed by atoms with E-state index in [2.05, 4.69) is 31.8 Å². The predicted molar refractivity (Wildman–Crippen MR) is 106 cm³/mol. The molecule has 1 aromatic carbocycles. The highest BCUT2D eigenvalue weighted by Gasteiger charge is 2.35. The lowest BCUT2D eigenvalue weighted by molar-refractivity contribution is -0.123. The molecule has 0 atom stereocenters. The number of nitrogens with one attached hydrogen (secondary N) is 1. The summed E-state index contributed by atoms with van der Waals surface area (Å²) in [6.45, 7) is 0.459. The summed E-state index contributed by atoms with van der Waals surface area (Å²) in [4.78, 5) is 17.4. The first-order valence-corrected chi connectivity index (χ1v) is 10.2. The molecule has 0 radical (unpaired) electrons. The molecule has 1 N–H and O–H groups in total. The van der Waals surface area contributed by atoms with Crippen molar-refractivity contribution < 1.29 is 4.79 Å². The van der Waals surface area contributed by atoms with Crippen molar-refractivity contribution >= 4 is 28.7 Å². The van der Waals surface area contributed by atoms with Crippen molar-refractivity contribution in [3.63, 3.8) is 0 Å². The topological polar surface area (TPSA) is 51.9 Å². The first-order chi connectivity index (χ1) is 12.7. The number of benzene rings is 1. The lowest BCUT2D eigenvalue weighted by Crippen LogP contribution is -2.41. The van der Waals surface area contributed by atoms with Crippen LogP contribution in [0.3, 0.4) is 0 Å². The molecule has 0 saturated carbocycles. The van der Waals surface area contributed by atoms with E-state index in [-0.39, 0.29) is 11.4 Å². The van der Waals surface area contributed by atoms with Crippen LogP contribution in [0.25, 0.3) is 11.0 Å². The Labute approximate surface area is 157 Å². The third-order valence-corrected chi connectivity index (χ3v) is 6.37. The molecule has 0 spiro atoms. The number of thioether (sulfide) groups is 1. The van der Waals surface area contributed by atoms with Crippen molar-refractivity contribution in [2.45, 2.75) is 31.3 Å². The first-order valence-electron chi connectivity index (χ1n) is 9.06. The normalized spacial score (nSPS) is 16.7. The Kier molecular flexibility index (Phi) is 4.76. The molecule has 26 heavy (non-hydrogen) atoms. The number of aromatic nitrogens is 3. The van der Waals surface area contributed by atoms with Gasteiger partial charge >= 0.3 is 0 Å². The summed E-state index contributed by atoms with van der Waals surface area (Å²) in [5.41, 5.74) is 1.96. The SMILES string of the molecule is Cn1c(CNC(=O)CC2(n3cccc3)CCSCC2)nc2ccccc21. The smallest absolute Gasteiger partial charge is 0.222 e. The average Bonchev–Trinajstić information content (AvgIpc) is 3.30. The maximum Gasteiger partial charge on any atom is 0.222 e. The summed E-state index contributed by atoms with van der Waals surface area (Å²) < 4.78 is 4.29. The van der Waals surface area contributed by atoms with Gasteiger partial charge in [-0.1, -0.05) is 12.1 Å². The van der Waals surface area contributed by atoms with Crippen molar-refractivity contribution in [1.29, 1.82) is 0 Å². The maximum absolute atomic E-state index is 12.7. The van der Waals surface area contributed by atoms with E-state index < -0.39 is 0 Å². The van der Waals surface area contributed by atoms with E-state index in [1.54, 1.807) is 0 Å². The molecule has 1 aliphatic heterocycles. The molecule has 3 aromatic rings. The van der Waals surface area contributed by atoms with Crippen LogP contribution in [-0.2, 0) is 23.9 Å². The Bertz CT molecular complexity index is 894. The molecule has 136 valence electrons. The van der Waals surface area contributed by atoms with Gasteiger partial charge < -0.3 is 14.5 Å². The Hall–Kier alpha value is -2.21. The summed E-state index contributed by atoms with van der Waals surface area (Å²) in [6, 6.07) is 12.1. The van der Waals surface area contributed by atoms with Crippen molar-refractivity contribution in [2.75, 3.05) is 11.5 Å². The monoisotopic (exact) mass is 368 g/mol. The van der Waals surface area contributed by atoms with Crippen LogP contribution in [0.5, 0.6) is 0 Å². The van der Waals surface area contributed by atoms with Gasteiger partial charge in [-0.05, 0) is 48.6 Å². The summed E-state index contributed by atoms with van der Waals surface area (Å²) in [7, 11) is 2.00. The number of rotatable bonds is 5. The molecule has 1 saturated heterocycles. The van der Waals surface area contributed by atoms with Gasteiger partial charge in [0.05, 0.1) is 29.5 Å². The van der Waals surface area contributed by atoms with E-state index in [1.165, 1.54) is 0 Å². The molecule has 6 heteroatoms. The average molecular weight is 369 g/mol. The molecule has 4 rings (SSSR count). The van der Waals surface area contributed by atoms with Crippen molar-refractivity contribution in [3.8, 4) is 0 Å². The summed E-state index contributed by atoms with van der Waals surface area (Å²) in [5.74, 6) is 3.19. The zero-order valence-electron chi connectivity index (χ0n) is 15.0. The second kappa shape index (κ2) is 7.19. The number of carbonyl (C=O) groups is 1. The molecule has 2 aromatic heterocycles. The van der Waals surface area contributed by atoms with E-state index in [0.29, 0.717) is 13.0 Å². The third kappa shape index (κ3) is 3.26. The van der Waals surface area contributed by atoms with Crippen LogP contribution in [0.1, 0.15) is 25.1 Å². The highest BCUT2D eigenvalue weighted by molar-refractivity contribution is 7.99. The molecular formula is C20H24N4OS. The Morgan fingerprint density at radius 3 is 2.65 bits per heavy atom. The van der Waals surface area contributed by atoms with Crippen LogP contribution < -0.4 is 5.32 Å². The molecule has 0 unspecified atom stereocenters. The van der Waals surface area contributed by atoms with Crippen LogP contribution >= 0.6 is 11.8 Å². The van der Waals surface area contributed by atoms with Crippen molar-refractivity contribution in [2.24, 2.45) is 7.05 Å². The Balaban J connectivity index is 1.46. The van der Waals surface area contributed by atoms with E-state index in [9.17, 15) is 4.79 Å². The summed E-state index contributed by atoms with van der Waals surface area (Å²) in [6.07, 6.45) is 6.77. The number of nitrogens with zero attached hydrogens (tertiary/aromatic N) is 3. The van der Waals surface area contributed by atoms with Gasteiger partial charge in [-0.15, -0.1) is 0 Å². The van der Waals surface area contributed by atoms with Gasteiger partial charge in [0.1, 0.15) is 5.82 Å². The highest BCUT2D eigenvalue weighted by atomic mass is 32.2. The molecule has 1 aliphatic rings. The lowest BCUT2D eigenvalue weighted by atomic mass is 9.87. The standard InChI is InChI=1S/C20H24N4OS/c1-23-17-7-3-2-6-16(17)22-18(23)15-21-19(25)14-20(8-12-26-13-9-20)24-10-4-5-11-24/h2-7,10-11H,8-9,12-15H2,1H3,(H,21,25). The molecule has 5 nitrogen and oxygen atoms in total. The van der Waals surface area contributed by atoms with Crippen LogP contribution in [-0.4, -0.2) is 31.5 Å². The van der Waals surface area contributed by atoms with Gasteiger partial charge in [0, 0.05) is 19.4 Å². The number of hydrogen-bond acceptors (Lipinski definition) is 3. The molecule has 0 bridgehead atoms. The van der Waals surface area contributed by atoms with Gasteiger partial charge in [0.25, 0.3) is 0 Å². The largest absolute Gasteiger partial charge is 0.349 e. The second-order valence-corrected chi connectivity index (χ2v) is 8.18. The zero-order chi connectivity index (χ0) is 18.0. The van der Waals surface area contributed by atoms with E-state index in [4.69, 9.17) is 0 Å². The number of fused-ring (bicyclic) bond motifs is 1. The van der Waals surface area contributed by atoms with Gasteiger partial charge in [0.15, 0.2) is 0 Å². The van der Waals surface area contributed by atoms with Gasteiger partial charge in [0.2, 0.25) is 5.91 Å². The van der Waals surface area contributed by atoms with Crippen LogP contribution in [0, 0.1) is 0 Å². The molecule has 0 aliphatic carbocycles. The van der Waals surface area contributed by atoms with Gasteiger partial charge in [-0.25, -0.2) is 4.98 Å². The first kappa shape index (κ1) is 17.2. The number of hydrogen-bond donors (Lipinski definition) is 1. The van der Waals surface area contributed by atoms with Gasteiger partial charge in [-0.2, -0.15) is 11.8 Å². The second-order valence-electron chi connectivity index (χ2n) is 6.96. The zero-order valence-corrected chi connectivity index (χ0v) is 15.8. The number of aryl methyl sites for hydroxylation is 1. The number of para-hydroxylation sites is 2. The van der Waals surface area contributed by atoms with E-state index >= 15 is 0 Å².